The van der Waals surface area contributed by atoms with E-state index in [9.17, 15) is 4.39 Å². The third kappa shape index (κ3) is 2.06. The van der Waals surface area contributed by atoms with Crippen molar-refractivity contribution in [1.82, 2.24) is 14.7 Å². The third-order valence-electron chi connectivity index (χ3n) is 2.88. The van der Waals surface area contributed by atoms with Crippen molar-refractivity contribution in [3.8, 4) is 29.0 Å². The topological polar surface area (TPSA) is 67.6 Å². The summed E-state index contributed by atoms with van der Waals surface area (Å²) in [4.78, 5) is 4.26. The van der Waals surface area contributed by atoms with E-state index in [1.54, 1.807) is 36.0 Å². The molecule has 0 saturated heterocycles. The van der Waals surface area contributed by atoms with E-state index in [2.05, 4.69) is 16.2 Å². The summed E-state index contributed by atoms with van der Waals surface area (Å²) in [7, 11) is 1.79. The van der Waals surface area contributed by atoms with Crippen molar-refractivity contribution >= 4 is 0 Å². The zero-order valence-corrected chi connectivity index (χ0v) is 10.5. The molecular formula is C14H9FN4O. The molecule has 2 aromatic heterocycles. The molecule has 3 rings (SSSR count). The van der Waals surface area contributed by atoms with Crippen molar-refractivity contribution in [2.75, 3.05) is 0 Å². The Labute approximate surface area is 113 Å². The van der Waals surface area contributed by atoms with Crippen LogP contribution in [0.2, 0.25) is 0 Å². The van der Waals surface area contributed by atoms with Crippen LogP contribution in [0.3, 0.4) is 0 Å². The van der Waals surface area contributed by atoms with Crippen molar-refractivity contribution < 1.29 is 8.91 Å². The lowest BCUT2D eigenvalue weighted by Gasteiger charge is -1.95. The van der Waals surface area contributed by atoms with Gasteiger partial charge in [-0.25, -0.2) is 4.39 Å². The van der Waals surface area contributed by atoms with E-state index in [-0.39, 0.29) is 5.82 Å². The molecule has 1 aromatic carbocycles. The number of aromatic nitrogens is 3. The van der Waals surface area contributed by atoms with Gasteiger partial charge in [-0.15, -0.1) is 0 Å². The van der Waals surface area contributed by atoms with Gasteiger partial charge in [0.25, 0.3) is 5.89 Å². The summed E-state index contributed by atoms with van der Waals surface area (Å²) in [5.41, 5.74) is 1.84. The van der Waals surface area contributed by atoms with E-state index in [1.165, 1.54) is 12.1 Å². The van der Waals surface area contributed by atoms with Gasteiger partial charge in [0, 0.05) is 18.8 Å². The summed E-state index contributed by atoms with van der Waals surface area (Å²) in [5.74, 6) is 0.367. The van der Waals surface area contributed by atoms with E-state index in [0.717, 1.165) is 0 Å². The van der Waals surface area contributed by atoms with E-state index >= 15 is 0 Å². The second-order valence-electron chi connectivity index (χ2n) is 4.27. The Morgan fingerprint density at radius 1 is 1.30 bits per heavy atom. The number of benzene rings is 1. The number of rotatable bonds is 2. The van der Waals surface area contributed by atoms with Crippen molar-refractivity contribution in [1.29, 1.82) is 5.26 Å². The molecule has 0 spiro atoms. The molecule has 2 heterocycles. The largest absolute Gasteiger partial charge is 0.345 e. The standard InChI is InChI=1S/C14H9FN4O/c1-19-8-9(7-16)6-12(19)14-17-13(18-20-14)10-2-4-11(15)5-3-10/h2-6,8H,1H3. The molecule has 0 aliphatic carbocycles. The van der Waals surface area contributed by atoms with Crippen LogP contribution in [0.4, 0.5) is 4.39 Å². The van der Waals surface area contributed by atoms with Gasteiger partial charge in [-0.2, -0.15) is 10.2 Å². The first-order chi connectivity index (χ1) is 9.67. The fraction of sp³-hybridized carbons (Fsp3) is 0.0714. The fourth-order valence-electron chi connectivity index (χ4n) is 1.88. The minimum absolute atomic E-state index is 0.313. The molecule has 0 radical (unpaired) electrons. The highest BCUT2D eigenvalue weighted by Gasteiger charge is 2.14. The third-order valence-corrected chi connectivity index (χ3v) is 2.88. The summed E-state index contributed by atoms with van der Waals surface area (Å²) in [6, 6.07) is 9.55. The van der Waals surface area contributed by atoms with Crippen molar-refractivity contribution in [2.45, 2.75) is 0 Å². The summed E-state index contributed by atoms with van der Waals surface area (Å²) < 4.78 is 19.8. The van der Waals surface area contributed by atoms with E-state index in [4.69, 9.17) is 9.78 Å². The molecule has 0 amide bonds. The Bertz CT molecular complexity index is 795. The molecule has 0 unspecified atom stereocenters. The monoisotopic (exact) mass is 268 g/mol. The molecule has 0 saturated carbocycles. The van der Waals surface area contributed by atoms with Gasteiger partial charge in [-0.3, -0.25) is 0 Å². The van der Waals surface area contributed by atoms with Crippen LogP contribution in [0.15, 0.2) is 41.1 Å². The van der Waals surface area contributed by atoms with Crippen molar-refractivity contribution in [3.63, 3.8) is 0 Å². The molecule has 5 nitrogen and oxygen atoms in total. The second kappa shape index (κ2) is 4.63. The SMILES string of the molecule is Cn1cc(C#N)cc1-c1nc(-c2ccc(F)cc2)no1. The van der Waals surface area contributed by atoms with Crippen LogP contribution in [0.5, 0.6) is 0 Å². The Kier molecular flexibility index (Phi) is 2.80. The van der Waals surface area contributed by atoms with Crippen LogP contribution in [0.1, 0.15) is 5.56 Å². The predicted octanol–water partition coefficient (Wildman–Crippen LogP) is 2.75. The summed E-state index contributed by atoms with van der Waals surface area (Å²) in [5, 5.41) is 12.7. The Morgan fingerprint density at radius 2 is 2.05 bits per heavy atom. The highest BCUT2D eigenvalue weighted by molar-refractivity contribution is 5.59. The maximum Gasteiger partial charge on any atom is 0.274 e. The van der Waals surface area contributed by atoms with E-state index < -0.39 is 0 Å². The Balaban J connectivity index is 1.99. The zero-order valence-electron chi connectivity index (χ0n) is 10.5. The van der Waals surface area contributed by atoms with E-state index in [1.807, 2.05) is 0 Å². The van der Waals surface area contributed by atoms with Crippen molar-refractivity contribution in [2.24, 2.45) is 7.05 Å². The Morgan fingerprint density at radius 3 is 2.70 bits per heavy atom. The molecule has 0 aliphatic heterocycles. The first-order valence-corrected chi connectivity index (χ1v) is 5.84. The zero-order chi connectivity index (χ0) is 14.1. The predicted molar refractivity (Wildman–Crippen MR) is 68.8 cm³/mol. The smallest absolute Gasteiger partial charge is 0.274 e. The molecule has 6 heteroatoms. The molecule has 0 aliphatic rings. The van der Waals surface area contributed by atoms with Gasteiger partial charge in [0.05, 0.1) is 5.56 Å². The van der Waals surface area contributed by atoms with Crippen molar-refractivity contribution in [3.05, 3.63) is 47.9 Å². The summed E-state index contributed by atoms with van der Waals surface area (Å²) in [6.45, 7) is 0. The van der Waals surface area contributed by atoms with Gasteiger partial charge in [-0.05, 0) is 30.3 Å². The first-order valence-electron chi connectivity index (χ1n) is 5.84. The number of halogens is 1. The Hall–Kier alpha value is -2.94. The number of nitriles is 1. The highest BCUT2D eigenvalue weighted by Crippen LogP contribution is 2.23. The lowest BCUT2D eigenvalue weighted by molar-refractivity contribution is 0.429. The van der Waals surface area contributed by atoms with Gasteiger partial charge in [0.15, 0.2) is 0 Å². The number of hydrogen-bond donors (Lipinski definition) is 0. The van der Waals surface area contributed by atoms with E-state index in [0.29, 0.717) is 28.5 Å². The van der Waals surface area contributed by atoms with Crippen LogP contribution in [0.25, 0.3) is 23.0 Å². The summed E-state index contributed by atoms with van der Waals surface area (Å²) in [6.07, 6.45) is 1.68. The van der Waals surface area contributed by atoms with Crippen LogP contribution >= 0.6 is 0 Å². The van der Waals surface area contributed by atoms with Crippen LogP contribution < -0.4 is 0 Å². The quantitative estimate of drug-likeness (QED) is 0.716. The first kappa shape index (κ1) is 12.1. The van der Waals surface area contributed by atoms with Gasteiger partial charge >= 0.3 is 0 Å². The minimum Gasteiger partial charge on any atom is -0.345 e. The summed E-state index contributed by atoms with van der Waals surface area (Å²) >= 11 is 0. The average molecular weight is 268 g/mol. The highest BCUT2D eigenvalue weighted by atomic mass is 19.1. The molecule has 3 aromatic rings. The van der Waals surface area contributed by atoms with Crippen LogP contribution in [0, 0.1) is 17.1 Å². The number of aryl methyl sites for hydroxylation is 1. The molecular weight excluding hydrogens is 259 g/mol. The average Bonchev–Trinajstić information content (AvgIpc) is 3.06. The maximum atomic E-state index is 12.9. The molecule has 20 heavy (non-hydrogen) atoms. The molecule has 0 atom stereocenters. The number of hydrogen-bond acceptors (Lipinski definition) is 4. The molecule has 98 valence electrons. The maximum absolute atomic E-state index is 12.9. The minimum atomic E-state index is -0.321. The second-order valence-corrected chi connectivity index (χ2v) is 4.27. The van der Waals surface area contributed by atoms with Gasteiger partial charge in [0.2, 0.25) is 5.82 Å². The lowest BCUT2D eigenvalue weighted by atomic mass is 10.2. The lowest BCUT2D eigenvalue weighted by Crippen LogP contribution is -1.89. The normalized spacial score (nSPS) is 10.4. The molecule has 0 fully saturated rings. The fourth-order valence-corrected chi connectivity index (χ4v) is 1.88. The number of nitrogens with zero attached hydrogens (tertiary/aromatic N) is 4. The van der Waals surface area contributed by atoms with Gasteiger partial charge in [-0.1, -0.05) is 5.16 Å². The molecule has 0 bridgehead atoms. The van der Waals surface area contributed by atoms with Crippen LogP contribution in [-0.2, 0) is 7.05 Å². The van der Waals surface area contributed by atoms with Gasteiger partial charge < -0.3 is 9.09 Å². The van der Waals surface area contributed by atoms with Gasteiger partial charge in [0.1, 0.15) is 17.6 Å². The molecule has 0 N–H and O–H groups in total. The van der Waals surface area contributed by atoms with Crippen LogP contribution in [-0.4, -0.2) is 14.7 Å².